The van der Waals surface area contributed by atoms with Crippen molar-refractivity contribution in [1.82, 2.24) is 5.12 Å². The molecule has 0 radical (unpaired) electrons. The van der Waals surface area contributed by atoms with E-state index < -0.39 is 0 Å². The zero-order valence-electron chi connectivity index (χ0n) is 4.14. The largest absolute Gasteiger partial charge is 0.197 e. The molecule has 0 aromatic heterocycles. The fraction of sp³-hybridized carbons (Fsp3) is 0.200. The average Bonchev–Trinajstić information content (AvgIpc) is 1.77. The Morgan fingerprint density at radius 3 is 2.88 bits per heavy atom. The van der Waals surface area contributed by atoms with Gasteiger partial charge in [0.15, 0.2) is 0 Å². The van der Waals surface area contributed by atoms with Gasteiger partial charge in [-0.25, -0.2) is 0 Å². The summed E-state index contributed by atoms with van der Waals surface area (Å²) < 4.78 is 12.2. The molecule has 0 spiro atoms. The number of hydrogen-bond acceptors (Lipinski definition) is 1. The quantitative estimate of drug-likeness (QED) is 0.360. The van der Waals surface area contributed by atoms with E-state index in [1.807, 2.05) is 0 Å². The lowest BCUT2D eigenvalue weighted by atomic mass is 10.4. The van der Waals surface area contributed by atoms with E-state index in [0.717, 1.165) is 0 Å². The third-order valence-corrected chi connectivity index (χ3v) is 1.18. The molecule has 1 aliphatic heterocycles. The highest BCUT2D eigenvalue weighted by atomic mass is 35.5. The molecule has 0 N–H and O–H groups in total. The van der Waals surface area contributed by atoms with Crippen LogP contribution < -0.4 is 0 Å². The van der Waals surface area contributed by atoms with Crippen LogP contribution in [0.4, 0.5) is 4.48 Å². The average molecular weight is 134 g/mol. The second kappa shape index (κ2) is 2.18. The van der Waals surface area contributed by atoms with Crippen molar-refractivity contribution in [3.63, 3.8) is 0 Å². The molecule has 0 saturated heterocycles. The van der Waals surface area contributed by atoms with Gasteiger partial charge < -0.3 is 0 Å². The van der Waals surface area contributed by atoms with Crippen LogP contribution in [0.2, 0.25) is 0 Å². The minimum atomic E-state index is 0.146. The van der Waals surface area contributed by atoms with Crippen molar-refractivity contribution in [3.05, 3.63) is 23.4 Å². The zero-order chi connectivity index (χ0) is 5.98. The van der Waals surface area contributed by atoms with Gasteiger partial charge in [0, 0.05) is 0 Å². The van der Waals surface area contributed by atoms with E-state index in [0.29, 0.717) is 5.12 Å². The first-order chi connectivity index (χ1) is 3.80. The Morgan fingerprint density at radius 1 is 1.75 bits per heavy atom. The van der Waals surface area contributed by atoms with Crippen molar-refractivity contribution >= 4 is 11.6 Å². The van der Waals surface area contributed by atoms with Gasteiger partial charge in [-0.1, -0.05) is 28.2 Å². The maximum absolute atomic E-state index is 12.2. The van der Waals surface area contributed by atoms with E-state index in [9.17, 15) is 4.48 Å². The molecule has 0 saturated carbocycles. The molecule has 0 unspecified atom stereocenters. The molecule has 0 aromatic rings. The Balaban J connectivity index is 2.66. The molecule has 8 heavy (non-hydrogen) atoms. The Kier molecular flexibility index (Phi) is 1.53. The van der Waals surface area contributed by atoms with Gasteiger partial charge in [0.1, 0.15) is 5.16 Å². The highest BCUT2D eigenvalue weighted by Crippen LogP contribution is 2.12. The van der Waals surface area contributed by atoms with Gasteiger partial charge in [-0.15, -0.1) is 0 Å². The molecule has 1 aliphatic rings. The van der Waals surface area contributed by atoms with Gasteiger partial charge in [-0.3, -0.25) is 0 Å². The monoisotopic (exact) mass is 133 g/mol. The molecule has 1 rings (SSSR count). The van der Waals surface area contributed by atoms with Crippen LogP contribution in [-0.2, 0) is 0 Å². The summed E-state index contributed by atoms with van der Waals surface area (Å²) in [6.45, 7) is 0.259. The SMILES string of the molecule is FN1CC=CC=C1Cl. The van der Waals surface area contributed by atoms with Crippen LogP contribution in [0.15, 0.2) is 23.4 Å². The smallest absolute Gasteiger partial charge is 0.135 e. The van der Waals surface area contributed by atoms with Gasteiger partial charge >= 0.3 is 0 Å². The van der Waals surface area contributed by atoms with E-state index in [1.54, 1.807) is 12.2 Å². The van der Waals surface area contributed by atoms with Gasteiger partial charge in [-0.05, 0) is 6.08 Å². The van der Waals surface area contributed by atoms with Crippen molar-refractivity contribution in [3.8, 4) is 0 Å². The van der Waals surface area contributed by atoms with Crippen molar-refractivity contribution in [1.29, 1.82) is 0 Å². The molecule has 0 atom stereocenters. The number of hydrogen-bond donors (Lipinski definition) is 0. The Hall–Kier alpha value is -0.500. The fourth-order valence-corrected chi connectivity index (χ4v) is 0.611. The molecule has 0 amide bonds. The summed E-state index contributed by atoms with van der Waals surface area (Å²) in [6, 6.07) is 0. The second-order valence-electron chi connectivity index (χ2n) is 1.46. The lowest BCUT2D eigenvalue weighted by Gasteiger charge is -2.11. The summed E-state index contributed by atoms with van der Waals surface area (Å²) in [5, 5.41) is 0.620. The standard InChI is InChI=1S/C5H5ClFN/c6-5-3-1-2-4-8(5)7/h1-3H,4H2. The fourth-order valence-electron chi connectivity index (χ4n) is 0.469. The summed E-state index contributed by atoms with van der Waals surface area (Å²) in [5.41, 5.74) is 0. The summed E-state index contributed by atoms with van der Waals surface area (Å²) in [6.07, 6.45) is 4.91. The summed E-state index contributed by atoms with van der Waals surface area (Å²) >= 11 is 5.33. The number of halogens is 2. The topological polar surface area (TPSA) is 3.24 Å². The first-order valence-electron chi connectivity index (χ1n) is 2.26. The Bertz CT molecular complexity index is 141. The van der Waals surface area contributed by atoms with Crippen LogP contribution in [0.3, 0.4) is 0 Å². The summed E-state index contributed by atoms with van der Waals surface area (Å²) in [5.74, 6) is 0. The first kappa shape index (κ1) is 5.63. The molecule has 0 aliphatic carbocycles. The minimum Gasteiger partial charge on any atom is -0.197 e. The summed E-state index contributed by atoms with van der Waals surface area (Å²) in [7, 11) is 0. The van der Waals surface area contributed by atoms with E-state index in [2.05, 4.69) is 0 Å². The second-order valence-corrected chi connectivity index (χ2v) is 1.85. The molecule has 1 heterocycles. The lowest BCUT2D eigenvalue weighted by molar-refractivity contribution is 0.0971. The molecular formula is C5H5ClFN. The van der Waals surface area contributed by atoms with Crippen molar-refractivity contribution in [2.75, 3.05) is 6.54 Å². The van der Waals surface area contributed by atoms with Gasteiger partial charge in [0.25, 0.3) is 0 Å². The van der Waals surface area contributed by atoms with Crippen LogP contribution in [0.5, 0.6) is 0 Å². The molecule has 0 bridgehead atoms. The molecule has 0 fully saturated rings. The first-order valence-corrected chi connectivity index (χ1v) is 2.64. The van der Waals surface area contributed by atoms with Crippen molar-refractivity contribution in [2.24, 2.45) is 0 Å². The zero-order valence-corrected chi connectivity index (χ0v) is 4.90. The maximum Gasteiger partial charge on any atom is 0.135 e. The Morgan fingerprint density at radius 2 is 2.50 bits per heavy atom. The maximum atomic E-state index is 12.2. The lowest BCUT2D eigenvalue weighted by Crippen LogP contribution is -2.10. The van der Waals surface area contributed by atoms with Crippen LogP contribution in [-0.4, -0.2) is 11.7 Å². The number of rotatable bonds is 0. The number of allylic oxidation sites excluding steroid dienone is 2. The van der Waals surface area contributed by atoms with E-state index in [-0.39, 0.29) is 11.7 Å². The van der Waals surface area contributed by atoms with Crippen molar-refractivity contribution < 1.29 is 4.48 Å². The van der Waals surface area contributed by atoms with E-state index in [4.69, 9.17) is 11.6 Å². The van der Waals surface area contributed by atoms with E-state index >= 15 is 0 Å². The third-order valence-electron chi connectivity index (χ3n) is 0.867. The third kappa shape index (κ3) is 1.01. The molecule has 44 valence electrons. The predicted molar refractivity (Wildman–Crippen MR) is 30.9 cm³/mol. The Labute approximate surface area is 52.0 Å². The normalized spacial score (nSPS) is 18.8. The number of nitrogens with zero attached hydrogens (tertiary/aromatic N) is 1. The highest BCUT2D eigenvalue weighted by molar-refractivity contribution is 6.29. The summed E-state index contributed by atoms with van der Waals surface area (Å²) in [4.78, 5) is 0. The molecule has 0 aromatic carbocycles. The van der Waals surface area contributed by atoms with Gasteiger partial charge in [0.2, 0.25) is 0 Å². The van der Waals surface area contributed by atoms with Crippen LogP contribution in [0.25, 0.3) is 0 Å². The van der Waals surface area contributed by atoms with Gasteiger partial charge in [-0.2, -0.15) is 5.12 Å². The molecule has 3 heteroatoms. The highest BCUT2D eigenvalue weighted by Gasteiger charge is 2.03. The molecular weight excluding hydrogens is 129 g/mol. The van der Waals surface area contributed by atoms with Crippen LogP contribution in [0, 0.1) is 0 Å². The van der Waals surface area contributed by atoms with Gasteiger partial charge in [0.05, 0.1) is 6.54 Å². The molecule has 1 nitrogen and oxygen atoms in total. The predicted octanol–water partition coefficient (Wildman–Crippen LogP) is 1.82. The van der Waals surface area contributed by atoms with E-state index in [1.165, 1.54) is 6.08 Å². The van der Waals surface area contributed by atoms with Crippen LogP contribution in [0.1, 0.15) is 0 Å². The minimum absolute atomic E-state index is 0.146. The van der Waals surface area contributed by atoms with Crippen LogP contribution >= 0.6 is 11.6 Å². The van der Waals surface area contributed by atoms with Crippen molar-refractivity contribution in [2.45, 2.75) is 0 Å².